The molecule has 0 radical (unpaired) electrons. The van der Waals surface area contributed by atoms with Crippen LogP contribution in [0.5, 0.6) is 0 Å². The highest BCUT2D eigenvalue weighted by Crippen LogP contribution is 2.42. The molecule has 1 N–H and O–H groups in total. The zero-order valence-corrected chi connectivity index (χ0v) is 12.0. The molecule has 2 atom stereocenters. The summed E-state index contributed by atoms with van der Waals surface area (Å²) in [4.78, 5) is 26.0. The van der Waals surface area contributed by atoms with Gasteiger partial charge in [0.2, 0.25) is 5.91 Å². The van der Waals surface area contributed by atoms with Crippen LogP contribution in [-0.2, 0) is 9.59 Å². The van der Waals surface area contributed by atoms with E-state index in [1.54, 1.807) is 0 Å². The fraction of sp³-hybridized carbons (Fsp3) is 0.867. The average Bonchev–Trinajstić information content (AvgIpc) is 2.78. The maximum absolute atomic E-state index is 12.5. The highest BCUT2D eigenvalue weighted by Gasteiger charge is 2.44. The molecule has 2 fully saturated rings. The Morgan fingerprint density at radius 3 is 2.11 bits per heavy atom. The van der Waals surface area contributed by atoms with Crippen molar-refractivity contribution in [3.63, 3.8) is 0 Å². The monoisotopic (exact) mass is 267 g/mol. The molecule has 1 saturated carbocycles. The maximum atomic E-state index is 12.5. The van der Waals surface area contributed by atoms with Gasteiger partial charge in [0, 0.05) is 18.5 Å². The molecule has 2 aliphatic rings. The van der Waals surface area contributed by atoms with Gasteiger partial charge < -0.3 is 10.0 Å². The van der Waals surface area contributed by atoms with Crippen LogP contribution in [0.4, 0.5) is 0 Å². The van der Waals surface area contributed by atoms with Crippen molar-refractivity contribution >= 4 is 11.9 Å². The van der Waals surface area contributed by atoms with Gasteiger partial charge in [-0.2, -0.15) is 0 Å². The Balaban J connectivity index is 2.08. The molecule has 0 aromatic heterocycles. The Bertz CT molecular complexity index is 350. The zero-order valence-electron chi connectivity index (χ0n) is 12.0. The number of piperidine rings is 1. The van der Waals surface area contributed by atoms with Gasteiger partial charge in [-0.15, -0.1) is 0 Å². The Morgan fingerprint density at radius 2 is 1.63 bits per heavy atom. The minimum Gasteiger partial charge on any atom is -0.481 e. The van der Waals surface area contributed by atoms with Gasteiger partial charge in [-0.05, 0) is 46.0 Å². The fourth-order valence-corrected chi connectivity index (χ4v) is 3.81. The second kappa shape index (κ2) is 5.51. The molecule has 2 rings (SSSR count). The number of carbonyl (C=O) groups excluding carboxylic acids is 1. The van der Waals surface area contributed by atoms with Gasteiger partial charge in [-0.1, -0.05) is 12.8 Å². The molecular formula is C15H25NO3. The topological polar surface area (TPSA) is 57.6 Å². The smallest absolute Gasteiger partial charge is 0.310 e. The van der Waals surface area contributed by atoms with Crippen molar-refractivity contribution in [1.82, 2.24) is 4.90 Å². The van der Waals surface area contributed by atoms with Crippen LogP contribution in [0.2, 0.25) is 0 Å². The standard InChI is InChI=1S/C15H25NO3/c1-11-6-5-7-12(2)16(11)13(17)10-15(14(18)19)8-3-4-9-15/h11-12H,3-10H2,1-2H3,(H,18,19). The summed E-state index contributed by atoms with van der Waals surface area (Å²) < 4.78 is 0. The summed E-state index contributed by atoms with van der Waals surface area (Å²) in [6.45, 7) is 4.16. The minimum absolute atomic E-state index is 0.0454. The van der Waals surface area contributed by atoms with Gasteiger partial charge in [0.05, 0.1) is 5.41 Å². The van der Waals surface area contributed by atoms with Crippen molar-refractivity contribution in [2.45, 2.75) is 77.3 Å². The number of carboxylic acids is 1. The van der Waals surface area contributed by atoms with Crippen LogP contribution < -0.4 is 0 Å². The molecular weight excluding hydrogens is 242 g/mol. The van der Waals surface area contributed by atoms with Gasteiger partial charge in [0.1, 0.15) is 0 Å². The molecule has 1 aliphatic heterocycles. The second-order valence-corrected chi connectivity index (χ2v) is 6.40. The van der Waals surface area contributed by atoms with Gasteiger partial charge in [0.25, 0.3) is 0 Å². The first-order valence-electron chi connectivity index (χ1n) is 7.51. The van der Waals surface area contributed by atoms with E-state index in [1.165, 1.54) is 0 Å². The third-order valence-electron chi connectivity index (χ3n) is 4.99. The van der Waals surface area contributed by atoms with Crippen molar-refractivity contribution in [2.24, 2.45) is 5.41 Å². The molecule has 0 aromatic rings. The largest absolute Gasteiger partial charge is 0.481 e. The first-order chi connectivity index (χ1) is 8.96. The summed E-state index contributed by atoms with van der Waals surface area (Å²) in [6.07, 6.45) is 6.62. The van der Waals surface area contributed by atoms with Crippen molar-refractivity contribution in [1.29, 1.82) is 0 Å². The number of aliphatic carboxylic acids is 1. The van der Waals surface area contributed by atoms with Crippen LogP contribution in [0.25, 0.3) is 0 Å². The van der Waals surface area contributed by atoms with E-state index in [2.05, 4.69) is 13.8 Å². The molecule has 0 bridgehead atoms. The number of likely N-dealkylation sites (tertiary alicyclic amines) is 1. The first kappa shape index (κ1) is 14.4. The number of rotatable bonds is 3. The van der Waals surface area contributed by atoms with Gasteiger partial charge in [-0.3, -0.25) is 9.59 Å². The maximum Gasteiger partial charge on any atom is 0.310 e. The Hall–Kier alpha value is -1.06. The van der Waals surface area contributed by atoms with E-state index in [1.807, 2.05) is 4.90 Å². The lowest BCUT2D eigenvalue weighted by Crippen LogP contribution is -2.49. The number of nitrogens with zero attached hydrogens (tertiary/aromatic N) is 1. The third kappa shape index (κ3) is 2.77. The number of amides is 1. The Labute approximate surface area is 115 Å². The van der Waals surface area contributed by atoms with E-state index in [4.69, 9.17) is 0 Å². The summed E-state index contributed by atoms with van der Waals surface area (Å²) in [5, 5.41) is 9.47. The van der Waals surface area contributed by atoms with E-state index in [-0.39, 0.29) is 24.4 Å². The predicted octanol–water partition coefficient (Wildman–Crippen LogP) is 2.81. The number of hydrogen-bond donors (Lipinski definition) is 1. The van der Waals surface area contributed by atoms with Crippen LogP contribution in [0.1, 0.15) is 65.2 Å². The molecule has 4 heteroatoms. The summed E-state index contributed by atoms with van der Waals surface area (Å²) in [6, 6.07) is 0.506. The molecule has 2 unspecified atom stereocenters. The van der Waals surface area contributed by atoms with Gasteiger partial charge in [-0.25, -0.2) is 0 Å². The first-order valence-corrected chi connectivity index (χ1v) is 7.51. The molecule has 1 amide bonds. The van der Waals surface area contributed by atoms with Gasteiger partial charge >= 0.3 is 5.97 Å². The highest BCUT2D eigenvalue weighted by molar-refractivity contribution is 5.85. The molecule has 108 valence electrons. The SMILES string of the molecule is CC1CCCC(C)N1C(=O)CC1(C(=O)O)CCCC1. The fourth-order valence-electron chi connectivity index (χ4n) is 3.81. The van der Waals surface area contributed by atoms with Gasteiger partial charge in [0.15, 0.2) is 0 Å². The molecule has 1 saturated heterocycles. The molecule has 1 heterocycles. The second-order valence-electron chi connectivity index (χ2n) is 6.40. The summed E-state index contributed by atoms with van der Waals surface area (Å²) >= 11 is 0. The number of hydrogen-bond acceptors (Lipinski definition) is 2. The highest BCUT2D eigenvalue weighted by atomic mass is 16.4. The van der Waals surface area contributed by atoms with Crippen LogP contribution >= 0.6 is 0 Å². The van der Waals surface area contributed by atoms with E-state index >= 15 is 0 Å². The van der Waals surface area contributed by atoms with Crippen molar-refractivity contribution in [3.05, 3.63) is 0 Å². The third-order valence-corrected chi connectivity index (χ3v) is 4.99. The summed E-state index contributed by atoms with van der Waals surface area (Å²) in [7, 11) is 0. The number of carbonyl (C=O) groups is 2. The van der Waals surface area contributed by atoms with Crippen LogP contribution in [-0.4, -0.2) is 34.0 Å². The molecule has 0 spiro atoms. The normalized spacial score (nSPS) is 30.3. The van der Waals surface area contributed by atoms with Crippen molar-refractivity contribution < 1.29 is 14.7 Å². The zero-order chi connectivity index (χ0) is 14.0. The van der Waals surface area contributed by atoms with Crippen LogP contribution in [0.15, 0.2) is 0 Å². The Kier molecular flexibility index (Phi) is 4.16. The molecule has 1 aliphatic carbocycles. The minimum atomic E-state index is -0.784. The van der Waals surface area contributed by atoms with E-state index in [0.29, 0.717) is 12.8 Å². The van der Waals surface area contributed by atoms with E-state index in [9.17, 15) is 14.7 Å². The predicted molar refractivity (Wildman–Crippen MR) is 72.8 cm³/mol. The molecule has 4 nitrogen and oxygen atoms in total. The van der Waals surface area contributed by atoms with E-state index < -0.39 is 11.4 Å². The van der Waals surface area contributed by atoms with Crippen molar-refractivity contribution in [2.75, 3.05) is 0 Å². The molecule has 0 aromatic carbocycles. The Morgan fingerprint density at radius 1 is 1.11 bits per heavy atom. The van der Waals surface area contributed by atoms with E-state index in [0.717, 1.165) is 32.1 Å². The summed E-state index contributed by atoms with van der Waals surface area (Å²) in [5.41, 5.74) is -0.784. The number of carboxylic acid groups (broad SMARTS) is 1. The lowest BCUT2D eigenvalue weighted by atomic mass is 9.81. The lowest BCUT2D eigenvalue weighted by molar-refractivity contribution is -0.155. The summed E-state index contributed by atoms with van der Waals surface area (Å²) in [5.74, 6) is -0.736. The lowest BCUT2D eigenvalue weighted by Gasteiger charge is -2.40. The van der Waals surface area contributed by atoms with Crippen LogP contribution in [0.3, 0.4) is 0 Å². The van der Waals surface area contributed by atoms with Crippen molar-refractivity contribution in [3.8, 4) is 0 Å². The average molecular weight is 267 g/mol. The quantitative estimate of drug-likeness (QED) is 0.855. The molecule has 19 heavy (non-hydrogen) atoms. The van der Waals surface area contributed by atoms with Crippen LogP contribution in [0, 0.1) is 5.41 Å².